The normalized spacial score (nSPS) is 10.1. The van der Waals surface area contributed by atoms with Crippen LogP contribution >= 0.6 is 12.2 Å². The first-order chi connectivity index (χ1) is 9.02. The molecule has 2 N–H and O–H groups in total. The summed E-state index contributed by atoms with van der Waals surface area (Å²) in [5, 5.41) is 5.41. The van der Waals surface area contributed by atoms with Crippen LogP contribution in [-0.4, -0.2) is 43.6 Å². The number of amides is 1. The molecule has 0 saturated heterocycles. The van der Waals surface area contributed by atoms with E-state index in [1.807, 2.05) is 43.3 Å². The van der Waals surface area contributed by atoms with Gasteiger partial charge in [-0.3, -0.25) is 5.32 Å². The number of hydrogen-bond donors (Lipinski definition) is 2. The number of benzene rings is 1. The van der Waals surface area contributed by atoms with Crippen molar-refractivity contribution in [3.63, 3.8) is 0 Å². The summed E-state index contributed by atoms with van der Waals surface area (Å²) in [6, 6.07) is 7.36. The Labute approximate surface area is 117 Å². The first-order valence-electron chi connectivity index (χ1n) is 5.48. The second kappa shape index (κ2) is 7.32. The molecule has 1 rings (SSSR count). The van der Waals surface area contributed by atoms with Crippen LogP contribution in [0.5, 0.6) is 0 Å². The van der Waals surface area contributed by atoms with Crippen molar-refractivity contribution in [2.75, 3.05) is 26.5 Å². The number of aliphatic imine (C=N–C) groups is 1. The number of rotatable bonds is 3. The summed E-state index contributed by atoms with van der Waals surface area (Å²) in [5.41, 5.74) is 1.41. The van der Waals surface area contributed by atoms with Crippen molar-refractivity contribution in [2.24, 2.45) is 4.99 Å². The molecule has 1 amide bonds. The second-order valence-electron chi connectivity index (χ2n) is 3.80. The van der Waals surface area contributed by atoms with Crippen molar-refractivity contribution in [1.82, 2.24) is 10.2 Å². The Morgan fingerprint density at radius 2 is 2.11 bits per heavy atom. The standard InChI is InChI=1S/C12H16N4O2S/c1-16(2)8-13-9-6-4-5-7-10(9)14-11(19)15-12(17)18-3/h4-8H,1-3H3,(H2,14,15,17,19)/b13-8+. The summed E-state index contributed by atoms with van der Waals surface area (Å²) in [6.07, 6.45) is 1.06. The number of methoxy groups -OCH3 is 1. The minimum Gasteiger partial charge on any atom is -0.453 e. The number of nitrogens with zero attached hydrogens (tertiary/aromatic N) is 2. The van der Waals surface area contributed by atoms with Crippen molar-refractivity contribution in [3.8, 4) is 0 Å². The average molecular weight is 280 g/mol. The molecule has 0 radical (unpaired) electrons. The van der Waals surface area contributed by atoms with Gasteiger partial charge in [0.2, 0.25) is 0 Å². The van der Waals surface area contributed by atoms with Crippen molar-refractivity contribution in [2.45, 2.75) is 0 Å². The Morgan fingerprint density at radius 1 is 1.42 bits per heavy atom. The highest BCUT2D eigenvalue weighted by Gasteiger charge is 2.06. The fraction of sp³-hybridized carbons (Fsp3) is 0.250. The third kappa shape index (κ3) is 5.35. The summed E-state index contributed by atoms with van der Waals surface area (Å²) in [6.45, 7) is 0. The highest BCUT2D eigenvalue weighted by Crippen LogP contribution is 2.23. The monoisotopic (exact) mass is 280 g/mol. The average Bonchev–Trinajstić information content (AvgIpc) is 2.37. The Morgan fingerprint density at radius 3 is 2.74 bits per heavy atom. The molecule has 0 saturated carbocycles. The van der Waals surface area contributed by atoms with E-state index in [1.165, 1.54) is 7.11 Å². The fourth-order valence-corrected chi connectivity index (χ4v) is 1.36. The van der Waals surface area contributed by atoms with Gasteiger partial charge >= 0.3 is 6.09 Å². The third-order valence-electron chi connectivity index (χ3n) is 1.98. The predicted molar refractivity (Wildman–Crippen MR) is 80.0 cm³/mol. The quantitative estimate of drug-likeness (QED) is 0.503. The summed E-state index contributed by atoms with van der Waals surface area (Å²) in [7, 11) is 5.03. The molecule has 0 bridgehead atoms. The van der Waals surface area contributed by atoms with Gasteiger partial charge < -0.3 is 15.0 Å². The highest BCUT2D eigenvalue weighted by molar-refractivity contribution is 7.80. The second-order valence-corrected chi connectivity index (χ2v) is 4.20. The van der Waals surface area contributed by atoms with E-state index in [2.05, 4.69) is 20.4 Å². The number of nitrogens with one attached hydrogen (secondary N) is 2. The first kappa shape index (κ1) is 14.9. The molecule has 0 aliphatic carbocycles. The van der Waals surface area contributed by atoms with Gasteiger partial charge in [0.05, 0.1) is 24.8 Å². The van der Waals surface area contributed by atoms with E-state index in [9.17, 15) is 4.79 Å². The maximum Gasteiger partial charge on any atom is 0.413 e. The number of para-hydroxylation sites is 2. The van der Waals surface area contributed by atoms with E-state index in [4.69, 9.17) is 12.2 Å². The van der Waals surface area contributed by atoms with Crippen LogP contribution in [0.2, 0.25) is 0 Å². The lowest BCUT2D eigenvalue weighted by Gasteiger charge is -2.11. The summed E-state index contributed by atoms with van der Waals surface area (Å²) >= 11 is 4.99. The van der Waals surface area contributed by atoms with Crippen LogP contribution in [0.25, 0.3) is 0 Å². The van der Waals surface area contributed by atoms with Gasteiger partial charge in [-0.1, -0.05) is 12.1 Å². The zero-order chi connectivity index (χ0) is 14.3. The van der Waals surface area contributed by atoms with E-state index in [-0.39, 0.29) is 5.11 Å². The Balaban J connectivity index is 2.78. The molecule has 1 aromatic carbocycles. The number of alkyl carbamates (subject to hydrolysis) is 1. The van der Waals surface area contributed by atoms with Crippen LogP contribution in [0, 0.1) is 0 Å². The van der Waals surface area contributed by atoms with Crippen LogP contribution in [-0.2, 0) is 4.74 Å². The minimum atomic E-state index is -0.619. The van der Waals surface area contributed by atoms with Gasteiger partial charge in [-0.25, -0.2) is 9.79 Å². The zero-order valence-corrected chi connectivity index (χ0v) is 11.8. The van der Waals surface area contributed by atoms with Crippen LogP contribution in [0.4, 0.5) is 16.2 Å². The number of ether oxygens (including phenoxy) is 1. The van der Waals surface area contributed by atoms with Crippen molar-refractivity contribution >= 4 is 41.1 Å². The number of carbonyl (C=O) groups is 1. The maximum atomic E-state index is 11.0. The lowest BCUT2D eigenvalue weighted by Crippen LogP contribution is -2.33. The molecule has 0 aliphatic rings. The number of carbonyl (C=O) groups excluding carboxylic acids is 1. The molecular weight excluding hydrogens is 264 g/mol. The van der Waals surface area contributed by atoms with Gasteiger partial charge in [-0.2, -0.15) is 0 Å². The van der Waals surface area contributed by atoms with Gasteiger partial charge in [0.1, 0.15) is 0 Å². The van der Waals surface area contributed by atoms with Gasteiger partial charge in [0.15, 0.2) is 5.11 Å². The smallest absolute Gasteiger partial charge is 0.413 e. The summed E-state index contributed by atoms with van der Waals surface area (Å²) < 4.78 is 4.45. The molecule has 0 fully saturated rings. The van der Waals surface area contributed by atoms with Gasteiger partial charge in [-0.05, 0) is 24.4 Å². The largest absolute Gasteiger partial charge is 0.453 e. The Hall–Kier alpha value is -2.15. The van der Waals surface area contributed by atoms with E-state index in [0.29, 0.717) is 11.4 Å². The van der Waals surface area contributed by atoms with Crippen LogP contribution in [0.1, 0.15) is 0 Å². The van der Waals surface area contributed by atoms with E-state index in [1.54, 1.807) is 6.34 Å². The summed E-state index contributed by atoms with van der Waals surface area (Å²) in [5.74, 6) is 0. The molecular formula is C12H16N4O2S. The summed E-state index contributed by atoms with van der Waals surface area (Å²) in [4.78, 5) is 17.1. The molecule has 0 aliphatic heterocycles. The topological polar surface area (TPSA) is 66.0 Å². The van der Waals surface area contributed by atoms with E-state index >= 15 is 0 Å². The molecule has 0 unspecified atom stereocenters. The zero-order valence-electron chi connectivity index (χ0n) is 11.0. The van der Waals surface area contributed by atoms with Crippen molar-refractivity contribution < 1.29 is 9.53 Å². The Bertz CT molecular complexity index is 488. The van der Waals surface area contributed by atoms with Gasteiger partial charge in [-0.15, -0.1) is 0 Å². The van der Waals surface area contributed by atoms with Crippen molar-refractivity contribution in [1.29, 1.82) is 0 Å². The lowest BCUT2D eigenvalue weighted by atomic mass is 10.3. The fourth-order valence-electron chi connectivity index (χ4n) is 1.17. The number of thiocarbonyl (C=S) groups is 1. The molecule has 7 heteroatoms. The van der Waals surface area contributed by atoms with Crippen LogP contribution in [0.15, 0.2) is 29.3 Å². The Kier molecular flexibility index (Phi) is 5.74. The molecule has 0 aromatic heterocycles. The van der Waals surface area contributed by atoms with Crippen molar-refractivity contribution in [3.05, 3.63) is 24.3 Å². The number of anilines is 1. The van der Waals surface area contributed by atoms with E-state index in [0.717, 1.165) is 0 Å². The molecule has 0 spiro atoms. The minimum absolute atomic E-state index is 0.152. The van der Waals surface area contributed by atoms with E-state index < -0.39 is 6.09 Å². The molecule has 0 atom stereocenters. The molecule has 19 heavy (non-hydrogen) atoms. The molecule has 0 heterocycles. The first-order valence-corrected chi connectivity index (χ1v) is 5.89. The van der Waals surface area contributed by atoms with Gasteiger partial charge in [0.25, 0.3) is 0 Å². The molecule has 102 valence electrons. The lowest BCUT2D eigenvalue weighted by molar-refractivity contribution is 0.177. The predicted octanol–water partition coefficient (Wildman–Crippen LogP) is 1.96. The molecule has 1 aromatic rings. The third-order valence-corrected chi connectivity index (χ3v) is 2.19. The van der Waals surface area contributed by atoms with Crippen LogP contribution < -0.4 is 10.6 Å². The SMILES string of the molecule is COC(=O)NC(=S)Nc1ccccc1/N=C/N(C)C. The van der Waals surface area contributed by atoms with Crippen LogP contribution in [0.3, 0.4) is 0 Å². The maximum absolute atomic E-state index is 11.0. The van der Waals surface area contributed by atoms with Gasteiger partial charge in [0, 0.05) is 14.1 Å². The highest BCUT2D eigenvalue weighted by atomic mass is 32.1. The molecule has 6 nitrogen and oxygen atoms in total. The number of hydrogen-bond acceptors (Lipinski definition) is 4.